The topological polar surface area (TPSA) is 0 Å². The van der Waals surface area contributed by atoms with Crippen molar-refractivity contribution < 1.29 is 0 Å². The molecule has 0 aliphatic heterocycles. The Hall–Kier alpha value is -0.520. The maximum atomic E-state index is 4.46. The summed E-state index contributed by atoms with van der Waals surface area (Å²) < 4.78 is 0. The molecular formula is C22H40. The summed E-state index contributed by atoms with van der Waals surface area (Å²) in [5.74, 6) is 2.39. The number of hydrogen-bond acceptors (Lipinski definition) is 0. The van der Waals surface area contributed by atoms with Gasteiger partial charge in [0.25, 0.3) is 0 Å². The predicted octanol–water partition coefficient (Wildman–Crippen LogP) is 7.56. The van der Waals surface area contributed by atoms with Crippen LogP contribution in [0.5, 0.6) is 0 Å². The Labute approximate surface area is 140 Å². The molecule has 128 valence electrons. The first kappa shape index (κ1) is 19.5. The maximum absolute atomic E-state index is 4.46. The first-order valence-electron chi connectivity index (χ1n) is 9.75. The van der Waals surface area contributed by atoms with E-state index in [0.717, 1.165) is 18.3 Å². The van der Waals surface area contributed by atoms with Crippen molar-refractivity contribution in [3.63, 3.8) is 0 Å². The van der Waals surface area contributed by atoms with Gasteiger partial charge in [0.2, 0.25) is 0 Å². The fraction of sp³-hybridized carbons (Fsp3) is 0.818. The van der Waals surface area contributed by atoms with E-state index in [2.05, 4.69) is 53.3 Å². The minimum absolute atomic E-state index is 0.256. The molecule has 0 nitrogen and oxygen atoms in total. The van der Waals surface area contributed by atoms with Crippen LogP contribution in [0.3, 0.4) is 0 Å². The molecular weight excluding hydrogens is 264 g/mol. The molecule has 1 aliphatic rings. The van der Waals surface area contributed by atoms with E-state index in [4.69, 9.17) is 0 Å². The average molecular weight is 305 g/mol. The highest BCUT2D eigenvalue weighted by Gasteiger charge is 2.23. The van der Waals surface area contributed by atoms with Crippen LogP contribution in [0.25, 0.3) is 0 Å². The Kier molecular flexibility index (Phi) is 8.50. The molecule has 0 fully saturated rings. The largest absolute Gasteiger partial charge is 0.0995 e. The summed E-state index contributed by atoms with van der Waals surface area (Å²) in [6.45, 7) is 16.3. The van der Waals surface area contributed by atoms with E-state index in [1.807, 2.05) is 0 Å². The third kappa shape index (κ3) is 6.71. The van der Waals surface area contributed by atoms with Gasteiger partial charge in [0.05, 0.1) is 0 Å². The average Bonchev–Trinajstić information content (AvgIpc) is 2.47. The molecule has 0 saturated heterocycles. The van der Waals surface area contributed by atoms with E-state index < -0.39 is 0 Å². The molecule has 0 N–H and O–H groups in total. The summed E-state index contributed by atoms with van der Waals surface area (Å²) in [6, 6.07) is 0. The predicted molar refractivity (Wildman–Crippen MR) is 101 cm³/mol. The highest BCUT2D eigenvalue weighted by atomic mass is 14.3. The van der Waals surface area contributed by atoms with Gasteiger partial charge >= 0.3 is 0 Å². The van der Waals surface area contributed by atoms with Gasteiger partial charge in [-0.15, -0.1) is 0 Å². The second-order valence-electron chi connectivity index (χ2n) is 8.33. The SMILES string of the molecule is C=C1CC(C)(C)C=CCC(CC)CCCCCC(CC)C1C. The van der Waals surface area contributed by atoms with Crippen LogP contribution in [0.1, 0.15) is 92.4 Å². The molecule has 0 radical (unpaired) electrons. The van der Waals surface area contributed by atoms with Crippen molar-refractivity contribution in [1.82, 2.24) is 0 Å². The Bertz CT molecular complexity index is 347. The highest BCUT2D eigenvalue weighted by Crippen LogP contribution is 2.36. The van der Waals surface area contributed by atoms with E-state index >= 15 is 0 Å². The van der Waals surface area contributed by atoms with Gasteiger partial charge in [0.15, 0.2) is 0 Å². The summed E-state index contributed by atoms with van der Waals surface area (Å²) in [4.78, 5) is 0. The highest BCUT2D eigenvalue weighted by molar-refractivity contribution is 5.09. The molecule has 0 amide bonds. The molecule has 0 spiro atoms. The lowest BCUT2D eigenvalue weighted by Crippen LogP contribution is -2.18. The Balaban J connectivity index is 2.81. The maximum Gasteiger partial charge on any atom is -0.0138 e. The minimum atomic E-state index is 0.256. The van der Waals surface area contributed by atoms with Crippen LogP contribution in [0, 0.1) is 23.2 Å². The van der Waals surface area contributed by atoms with Crippen LogP contribution >= 0.6 is 0 Å². The number of allylic oxidation sites excluding steroid dienone is 3. The fourth-order valence-corrected chi connectivity index (χ4v) is 4.03. The normalized spacial score (nSPS) is 31.7. The van der Waals surface area contributed by atoms with E-state index in [-0.39, 0.29) is 5.41 Å². The van der Waals surface area contributed by atoms with Crippen molar-refractivity contribution in [1.29, 1.82) is 0 Å². The zero-order valence-corrected chi connectivity index (χ0v) is 16.0. The van der Waals surface area contributed by atoms with Crippen molar-refractivity contribution in [2.45, 2.75) is 92.4 Å². The first-order chi connectivity index (χ1) is 10.4. The molecule has 3 unspecified atom stereocenters. The van der Waals surface area contributed by atoms with Crippen LogP contribution in [-0.2, 0) is 0 Å². The molecule has 1 rings (SSSR count). The van der Waals surface area contributed by atoms with Crippen molar-refractivity contribution >= 4 is 0 Å². The van der Waals surface area contributed by atoms with Gasteiger partial charge in [0, 0.05) is 0 Å². The summed E-state index contributed by atoms with van der Waals surface area (Å²) in [5.41, 5.74) is 1.72. The molecule has 0 heteroatoms. The molecule has 0 bridgehead atoms. The number of rotatable bonds is 2. The monoisotopic (exact) mass is 304 g/mol. The van der Waals surface area contributed by atoms with Gasteiger partial charge in [-0.25, -0.2) is 0 Å². The van der Waals surface area contributed by atoms with E-state index in [1.165, 1.54) is 56.9 Å². The van der Waals surface area contributed by atoms with Crippen LogP contribution in [0.15, 0.2) is 24.3 Å². The Morgan fingerprint density at radius 1 is 1.09 bits per heavy atom. The molecule has 0 aromatic carbocycles. The summed E-state index contributed by atoms with van der Waals surface area (Å²) in [6.07, 6.45) is 17.0. The second kappa shape index (κ2) is 9.58. The van der Waals surface area contributed by atoms with E-state index in [0.29, 0.717) is 5.92 Å². The standard InChI is InChI=1S/C22H40/c1-7-20-13-10-9-11-15-21(8-2)19(4)18(3)17-22(5,6)16-12-14-20/h12,16,19-21H,3,7-11,13-15,17H2,1-2,4-6H3. The quantitative estimate of drug-likeness (QED) is 0.462. The van der Waals surface area contributed by atoms with Crippen molar-refractivity contribution in [2.24, 2.45) is 23.2 Å². The summed E-state index contributed by atoms with van der Waals surface area (Å²) >= 11 is 0. The summed E-state index contributed by atoms with van der Waals surface area (Å²) in [7, 11) is 0. The Morgan fingerprint density at radius 3 is 2.41 bits per heavy atom. The lowest BCUT2D eigenvalue weighted by Gasteiger charge is -2.30. The van der Waals surface area contributed by atoms with Crippen molar-refractivity contribution in [2.75, 3.05) is 0 Å². The van der Waals surface area contributed by atoms with Gasteiger partial charge < -0.3 is 0 Å². The van der Waals surface area contributed by atoms with Crippen LogP contribution in [0.2, 0.25) is 0 Å². The third-order valence-corrected chi connectivity index (χ3v) is 5.86. The van der Waals surface area contributed by atoms with Gasteiger partial charge in [-0.2, -0.15) is 0 Å². The number of hydrogen-bond donors (Lipinski definition) is 0. The first-order valence-corrected chi connectivity index (χ1v) is 9.75. The molecule has 1 aliphatic carbocycles. The molecule has 0 saturated carbocycles. The van der Waals surface area contributed by atoms with Gasteiger partial charge in [-0.1, -0.05) is 97.4 Å². The molecule has 0 aromatic heterocycles. The zero-order chi connectivity index (χ0) is 16.6. The lowest BCUT2D eigenvalue weighted by atomic mass is 9.75. The minimum Gasteiger partial charge on any atom is -0.0995 e. The summed E-state index contributed by atoms with van der Waals surface area (Å²) in [5, 5.41) is 0. The van der Waals surface area contributed by atoms with Crippen LogP contribution in [-0.4, -0.2) is 0 Å². The van der Waals surface area contributed by atoms with Gasteiger partial charge in [-0.05, 0) is 42.4 Å². The fourth-order valence-electron chi connectivity index (χ4n) is 4.03. The van der Waals surface area contributed by atoms with E-state index in [1.54, 1.807) is 0 Å². The second-order valence-corrected chi connectivity index (χ2v) is 8.33. The van der Waals surface area contributed by atoms with E-state index in [9.17, 15) is 0 Å². The third-order valence-electron chi connectivity index (χ3n) is 5.86. The van der Waals surface area contributed by atoms with Crippen molar-refractivity contribution in [3.8, 4) is 0 Å². The molecule has 22 heavy (non-hydrogen) atoms. The molecule has 0 aromatic rings. The molecule has 0 heterocycles. The zero-order valence-electron chi connectivity index (χ0n) is 16.0. The van der Waals surface area contributed by atoms with Crippen molar-refractivity contribution in [3.05, 3.63) is 24.3 Å². The van der Waals surface area contributed by atoms with Gasteiger partial charge in [0.1, 0.15) is 0 Å². The van der Waals surface area contributed by atoms with Crippen LogP contribution in [0.4, 0.5) is 0 Å². The Morgan fingerprint density at radius 2 is 1.77 bits per heavy atom. The van der Waals surface area contributed by atoms with Crippen LogP contribution < -0.4 is 0 Å². The smallest absolute Gasteiger partial charge is 0.0138 e. The van der Waals surface area contributed by atoms with Gasteiger partial charge in [-0.3, -0.25) is 0 Å². The lowest BCUT2D eigenvalue weighted by molar-refractivity contribution is 0.323. The molecule has 3 atom stereocenters.